The summed E-state index contributed by atoms with van der Waals surface area (Å²) < 4.78 is 5.62. The molecule has 2 rings (SSSR count). The minimum absolute atomic E-state index is 0.0182. The lowest BCUT2D eigenvalue weighted by Crippen LogP contribution is -2.64. The second-order valence-corrected chi connectivity index (χ2v) is 6.56. The van der Waals surface area contributed by atoms with Crippen molar-refractivity contribution in [1.82, 2.24) is 10.2 Å². The lowest BCUT2D eigenvalue weighted by Gasteiger charge is -2.40. The number of rotatable bonds is 8. The predicted octanol–water partition coefficient (Wildman–Crippen LogP) is 1.56. The van der Waals surface area contributed by atoms with Gasteiger partial charge in [0, 0.05) is 19.8 Å². The van der Waals surface area contributed by atoms with E-state index in [-0.39, 0.29) is 29.8 Å². The molecule has 2 unspecified atom stereocenters. The Morgan fingerprint density at radius 1 is 1.33 bits per heavy atom. The molecule has 1 heterocycles. The zero-order valence-corrected chi connectivity index (χ0v) is 13.4. The number of hydrogen-bond donors (Lipinski definition) is 1. The maximum absolute atomic E-state index is 12.5. The number of ether oxygens (including phenoxy) is 1. The predicted molar refractivity (Wildman–Crippen MR) is 80.7 cm³/mol. The summed E-state index contributed by atoms with van der Waals surface area (Å²) in [6.07, 6.45) is 4.02. The van der Waals surface area contributed by atoms with Crippen molar-refractivity contribution in [1.29, 1.82) is 0 Å². The Morgan fingerprint density at radius 2 is 2.05 bits per heavy atom. The van der Waals surface area contributed by atoms with Gasteiger partial charge >= 0.3 is 0 Å². The van der Waals surface area contributed by atoms with Crippen LogP contribution in [0.25, 0.3) is 0 Å². The van der Waals surface area contributed by atoms with Crippen LogP contribution in [0.4, 0.5) is 0 Å². The van der Waals surface area contributed by atoms with Crippen molar-refractivity contribution in [2.75, 3.05) is 19.8 Å². The fourth-order valence-electron chi connectivity index (χ4n) is 2.86. The molecule has 0 aromatic carbocycles. The van der Waals surface area contributed by atoms with Gasteiger partial charge < -0.3 is 15.0 Å². The van der Waals surface area contributed by atoms with Crippen LogP contribution >= 0.6 is 0 Å². The molecule has 5 nitrogen and oxygen atoms in total. The van der Waals surface area contributed by atoms with Gasteiger partial charge in [-0.25, -0.2) is 0 Å². The van der Waals surface area contributed by atoms with E-state index in [1.54, 1.807) is 4.90 Å². The third-order valence-corrected chi connectivity index (χ3v) is 4.28. The molecule has 21 heavy (non-hydrogen) atoms. The van der Waals surface area contributed by atoms with E-state index < -0.39 is 0 Å². The van der Waals surface area contributed by atoms with Crippen LogP contribution in [-0.4, -0.2) is 48.6 Å². The third kappa shape index (κ3) is 4.19. The molecule has 1 N–H and O–H groups in total. The van der Waals surface area contributed by atoms with Gasteiger partial charge in [0.25, 0.3) is 0 Å². The lowest BCUT2D eigenvalue weighted by molar-refractivity contribution is -0.151. The van der Waals surface area contributed by atoms with E-state index in [0.717, 1.165) is 18.9 Å². The SMILES string of the molecule is CCC1NC(=O)C(C(C)C)N(CCCOCC2CC2)C1=O. The van der Waals surface area contributed by atoms with Crippen LogP contribution in [0, 0.1) is 11.8 Å². The number of carbonyl (C=O) groups excluding carboxylic acids is 2. The Labute approximate surface area is 127 Å². The van der Waals surface area contributed by atoms with E-state index in [4.69, 9.17) is 4.74 Å². The van der Waals surface area contributed by atoms with Crippen LogP contribution in [0.15, 0.2) is 0 Å². The number of carbonyl (C=O) groups is 2. The second-order valence-electron chi connectivity index (χ2n) is 6.56. The van der Waals surface area contributed by atoms with Crippen LogP contribution in [-0.2, 0) is 14.3 Å². The minimum Gasteiger partial charge on any atom is -0.381 e. The molecule has 1 saturated carbocycles. The number of nitrogens with zero attached hydrogens (tertiary/aromatic N) is 1. The van der Waals surface area contributed by atoms with E-state index >= 15 is 0 Å². The summed E-state index contributed by atoms with van der Waals surface area (Å²) in [6.45, 7) is 8.02. The number of hydrogen-bond acceptors (Lipinski definition) is 3. The summed E-state index contributed by atoms with van der Waals surface area (Å²) in [5, 5.41) is 2.84. The van der Waals surface area contributed by atoms with Gasteiger partial charge in [0.2, 0.25) is 11.8 Å². The van der Waals surface area contributed by atoms with Gasteiger partial charge in [-0.2, -0.15) is 0 Å². The second kappa shape index (κ2) is 7.25. The molecule has 2 atom stereocenters. The molecule has 0 aromatic rings. The molecule has 0 bridgehead atoms. The van der Waals surface area contributed by atoms with E-state index in [2.05, 4.69) is 5.32 Å². The molecule has 1 aliphatic heterocycles. The molecule has 0 radical (unpaired) electrons. The van der Waals surface area contributed by atoms with E-state index in [9.17, 15) is 9.59 Å². The summed E-state index contributed by atoms with van der Waals surface area (Å²) in [5.74, 6) is 0.924. The Kier molecular flexibility index (Phi) is 5.62. The van der Waals surface area contributed by atoms with Gasteiger partial charge in [0.05, 0.1) is 0 Å². The van der Waals surface area contributed by atoms with Crippen LogP contribution in [0.2, 0.25) is 0 Å². The average molecular weight is 296 g/mol. The first-order valence-electron chi connectivity index (χ1n) is 8.23. The van der Waals surface area contributed by atoms with Gasteiger partial charge in [-0.15, -0.1) is 0 Å². The molecule has 1 aliphatic carbocycles. The fourth-order valence-corrected chi connectivity index (χ4v) is 2.86. The van der Waals surface area contributed by atoms with Crippen LogP contribution in [0.3, 0.4) is 0 Å². The number of nitrogens with one attached hydrogen (secondary N) is 1. The van der Waals surface area contributed by atoms with Gasteiger partial charge in [-0.1, -0.05) is 20.8 Å². The minimum atomic E-state index is -0.361. The quantitative estimate of drug-likeness (QED) is 0.692. The van der Waals surface area contributed by atoms with Crippen molar-refractivity contribution < 1.29 is 14.3 Å². The average Bonchev–Trinajstić information content (AvgIpc) is 3.25. The Balaban J connectivity index is 1.86. The fraction of sp³-hybridized carbons (Fsp3) is 0.875. The third-order valence-electron chi connectivity index (χ3n) is 4.28. The lowest BCUT2D eigenvalue weighted by atomic mass is 9.96. The topological polar surface area (TPSA) is 58.6 Å². The highest BCUT2D eigenvalue weighted by Crippen LogP contribution is 2.28. The van der Waals surface area contributed by atoms with Gasteiger partial charge in [0.1, 0.15) is 12.1 Å². The van der Waals surface area contributed by atoms with Crippen LogP contribution in [0.1, 0.15) is 46.5 Å². The zero-order valence-electron chi connectivity index (χ0n) is 13.4. The summed E-state index contributed by atoms with van der Waals surface area (Å²) in [6, 6.07) is -0.705. The standard InChI is InChI=1S/C16H28N2O3/c1-4-13-16(20)18(14(11(2)3)15(19)17-13)8-5-9-21-10-12-6-7-12/h11-14H,4-10H2,1-3H3,(H,17,19). The summed E-state index contributed by atoms with van der Waals surface area (Å²) >= 11 is 0. The van der Waals surface area contributed by atoms with E-state index in [1.165, 1.54) is 12.8 Å². The summed E-state index contributed by atoms with van der Waals surface area (Å²) in [7, 11) is 0. The molecule has 0 spiro atoms. The van der Waals surface area contributed by atoms with Crippen molar-refractivity contribution in [2.24, 2.45) is 11.8 Å². The zero-order chi connectivity index (χ0) is 15.4. The molecule has 1 saturated heterocycles. The molecular weight excluding hydrogens is 268 g/mol. The summed E-state index contributed by atoms with van der Waals surface area (Å²) in [4.78, 5) is 26.4. The number of piperazine rings is 1. The van der Waals surface area contributed by atoms with Gasteiger partial charge in [-0.3, -0.25) is 9.59 Å². The smallest absolute Gasteiger partial charge is 0.245 e. The monoisotopic (exact) mass is 296 g/mol. The van der Waals surface area contributed by atoms with Gasteiger partial charge in [-0.05, 0) is 37.5 Å². The molecule has 5 heteroatoms. The molecular formula is C16H28N2O3. The van der Waals surface area contributed by atoms with Crippen LogP contribution < -0.4 is 5.32 Å². The maximum atomic E-state index is 12.5. The molecule has 2 amide bonds. The highest BCUT2D eigenvalue weighted by atomic mass is 16.5. The first-order valence-corrected chi connectivity index (χ1v) is 8.23. The van der Waals surface area contributed by atoms with E-state index in [1.807, 2.05) is 20.8 Å². The van der Waals surface area contributed by atoms with Crippen molar-refractivity contribution in [3.05, 3.63) is 0 Å². The van der Waals surface area contributed by atoms with Crippen molar-refractivity contribution in [2.45, 2.75) is 58.5 Å². The largest absolute Gasteiger partial charge is 0.381 e. The Hall–Kier alpha value is -1.10. The molecule has 2 fully saturated rings. The molecule has 2 aliphatic rings. The highest BCUT2D eigenvalue weighted by molar-refractivity contribution is 5.97. The number of amides is 2. The Bertz CT molecular complexity index is 380. The van der Waals surface area contributed by atoms with E-state index in [0.29, 0.717) is 19.6 Å². The van der Waals surface area contributed by atoms with Crippen molar-refractivity contribution in [3.8, 4) is 0 Å². The maximum Gasteiger partial charge on any atom is 0.245 e. The molecule has 120 valence electrons. The van der Waals surface area contributed by atoms with Crippen molar-refractivity contribution in [3.63, 3.8) is 0 Å². The Morgan fingerprint density at radius 3 is 2.62 bits per heavy atom. The normalized spacial score (nSPS) is 26.4. The first-order chi connectivity index (χ1) is 10.0. The van der Waals surface area contributed by atoms with Gasteiger partial charge in [0.15, 0.2) is 0 Å². The van der Waals surface area contributed by atoms with Crippen LogP contribution in [0.5, 0.6) is 0 Å². The highest BCUT2D eigenvalue weighted by Gasteiger charge is 2.40. The molecule has 0 aromatic heterocycles. The first kappa shape index (κ1) is 16.3. The van der Waals surface area contributed by atoms with Crippen molar-refractivity contribution >= 4 is 11.8 Å². The summed E-state index contributed by atoms with van der Waals surface area (Å²) in [5.41, 5.74) is 0.